The Morgan fingerprint density at radius 2 is 2.28 bits per heavy atom. The highest BCUT2D eigenvalue weighted by Gasteiger charge is 2.19. The van der Waals surface area contributed by atoms with Crippen LogP contribution in [0.15, 0.2) is 17.9 Å². The van der Waals surface area contributed by atoms with E-state index < -0.39 is 0 Å². The van der Waals surface area contributed by atoms with Crippen molar-refractivity contribution in [1.82, 2.24) is 9.97 Å². The lowest BCUT2D eigenvalue weighted by Crippen LogP contribution is -2.15. The van der Waals surface area contributed by atoms with E-state index >= 15 is 0 Å². The molecule has 7 heteroatoms. The number of ether oxygens (including phenoxy) is 1. The van der Waals surface area contributed by atoms with Crippen molar-refractivity contribution in [2.75, 3.05) is 12.4 Å². The fraction of sp³-hybridized carbons (Fsp3) is 0.182. The minimum absolute atomic E-state index is 0.249. The van der Waals surface area contributed by atoms with Gasteiger partial charge in [-0.15, -0.1) is 11.3 Å². The van der Waals surface area contributed by atoms with Crippen molar-refractivity contribution in [1.29, 1.82) is 0 Å². The molecule has 0 radical (unpaired) electrons. The van der Waals surface area contributed by atoms with Crippen molar-refractivity contribution in [3.63, 3.8) is 0 Å². The molecular formula is C11H10ClN3O2S. The van der Waals surface area contributed by atoms with Crippen LogP contribution in [-0.4, -0.2) is 23.0 Å². The monoisotopic (exact) mass is 283 g/mol. The second-order valence-corrected chi connectivity index (χ2v) is 4.73. The first-order valence-electron chi connectivity index (χ1n) is 5.02. The van der Waals surface area contributed by atoms with Crippen LogP contribution in [0.2, 0.25) is 5.02 Å². The first-order valence-corrected chi connectivity index (χ1v) is 6.28. The number of methoxy groups -OCH3 is 1. The number of pyridine rings is 1. The Morgan fingerprint density at radius 1 is 1.50 bits per heavy atom. The molecule has 0 atom stereocenters. The molecule has 1 amide bonds. The van der Waals surface area contributed by atoms with Gasteiger partial charge in [0.05, 0.1) is 23.8 Å². The van der Waals surface area contributed by atoms with Crippen LogP contribution in [-0.2, 0) is 0 Å². The zero-order valence-corrected chi connectivity index (χ0v) is 11.3. The molecule has 2 aromatic heterocycles. The summed E-state index contributed by atoms with van der Waals surface area (Å²) in [5.41, 5.74) is 2.60. The third-order valence-corrected chi connectivity index (χ3v) is 3.40. The minimum atomic E-state index is -0.316. The molecule has 0 aliphatic heterocycles. The SMILES string of the molecule is COc1ncc(Cl)c(C)c1C(=O)Nc1cncs1. The van der Waals surface area contributed by atoms with Crippen molar-refractivity contribution in [2.45, 2.75) is 6.92 Å². The van der Waals surface area contributed by atoms with Gasteiger partial charge in [-0.05, 0) is 12.5 Å². The summed E-state index contributed by atoms with van der Waals surface area (Å²) in [6.45, 7) is 1.74. The Labute approximate surface area is 113 Å². The molecule has 0 aliphatic carbocycles. The number of amides is 1. The van der Waals surface area contributed by atoms with Crippen LogP contribution in [0.5, 0.6) is 5.88 Å². The van der Waals surface area contributed by atoms with Gasteiger partial charge in [-0.1, -0.05) is 11.6 Å². The summed E-state index contributed by atoms with van der Waals surface area (Å²) >= 11 is 7.29. The number of aromatic nitrogens is 2. The van der Waals surface area contributed by atoms with E-state index in [4.69, 9.17) is 16.3 Å². The summed E-state index contributed by atoms with van der Waals surface area (Å²) in [5.74, 6) is -0.0671. The van der Waals surface area contributed by atoms with Crippen molar-refractivity contribution in [2.24, 2.45) is 0 Å². The molecule has 18 heavy (non-hydrogen) atoms. The van der Waals surface area contributed by atoms with Gasteiger partial charge in [-0.25, -0.2) is 4.98 Å². The van der Waals surface area contributed by atoms with Crippen LogP contribution in [0.3, 0.4) is 0 Å². The normalized spacial score (nSPS) is 10.2. The Bertz CT molecular complexity index is 572. The van der Waals surface area contributed by atoms with Gasteiger partial charge in [0.2, 0.25) is 5.88 Å². The molecule has 2 heterocycles. The molecule has 0 spiro atoms. The number of hydrogen-bond acceptors (Lipinski definition) is 5. The van der Waals surface area contributed by atoms with Crippen molar-refractivity contribution in [3.8, 4) is 5.88 Å². The van der Waals surface area contributed by atoms with Gasteiger partial charge in [0, 0.05) is 6.20 Å². The Balaban J connectivity index is 2.37. The molecule has 0 bridgehead atoms. The standard InChI is InChI=1S/C11H10ClN3O2S/c1-6-7(12)3-14-11(17-2)9(6)10(16)15-8-4-13-5-18-8/h3-5H,1-2H3,(H,15,16). The van der Waals surface area contributed by atoms with Gasteiger partial charge in [-0.3, -0.25) is 9.78 Å². The quantitative estimate of drug-likeness (QED) is 0.941. The smallest absolute Gasteiger partial charge is 0.262 e. The second-order valence-electron chi connectivity index (χ2n) is 3.44. The van der Waals surface area contributed by atoms with Crippen LogP contribution < -0.4 is 10.1 Å². The maximum Gasteiger partial charge on any atom is 0.262 e. The van der Waals surface area contributed by atoms with Crippen LogP contribution in [0.25, 0.3) is 0 Å². The minimum Gasteiger partial charge on any atom is -0.480 e. The van der Waals surface area contributed by atoms with Gasteiger partial charge in [0.25, 0.3) is 5.91 Å². The summed E-state index contributed by atoms with van der Waals surface area (Å²) < 4.78 is 5.08. The number of halogens is 1. The van der Waals surface area contributed by atoms with E-state index in [1.165, 1.54) is 24.6 Å². The average molecular weight is 284 g/mol. The maximum atomic E-state index is 12.2. The number of hydrogen-bond donors (Lipinski definition) is 1. The number of nitrogens with zero attached hydrogens (tertiary/aromatic N) is 2. The van der Waals surface area contributed by atoms with E-state index in [9.17, 15) is 4.79 Å². The summed E-state index contributed by atoms with van der Waals surface area (Å²) in [6, 6.07) is 0. The molecule has 2 aromatic rings. The van der Waals surface area contributed by atoms with Crippen LogP contribution in [0.4, 0.5) is 5.00 Å². The highest BCUT2D eigenvalue weighted by Crippen LogP contribution is 2.26. The van der Waals surface area contributed by atoms with Gasteiger partial charge < -0.3 is 10.1 Å². The largest absolute Gasteiger partial charge is 0.480 e. The second kappa shape index (κ2) is 5.32. The van der Waals surface area contributed by atoms with Crippen LogP contribution in [0, 0.1) is 6.92 Å². The lowest BCUT2D eigenvalue weighted by molar-refractivity contribution is 0.102. The average Bonchev–Trinajstić information content (AvgIpc) is 2.85. The summed E-state index contributed by atoms with van der Waals surface area (Å²) in [7, 11) is 1.46. The zero-order valence-electron chi connectivity index (χ0n) is 9.73. The van der Waals surface area contributed by atoms with Crippen LogP contribution >= 0.6 is 22.9 Å². The molecule has 1 N–H and O–H groups in total. The van der Waals surface area contributed by atoms with Gasteiger partial charge >= 0.3 is 0 Å². The van der Waals surface area contributed by atoms with E-state index in [1.807, 2.05) is 0 Å². The summed E-state index contributed by atoms with van der Waals surface area (Å²) in [4.78, 5) is 20.0. The fourth-order valence-electron chi connectivity index (χ4n) is 1.43. The molecule has 0 aromatic carbocycles. The van der Waals surface area contributed by atoms with E-state index in [2.05, 4.69) is 15.3 Å². The van der Waals surface area contributed by atoms with Gasteiger partial charge in [0.1, 0.15) is 10.6 Å². The molecule has 0 saturated heterocycles. The topological polar surface area (TPSA) is 64.1 Å². The third-order valence-electron chi connectivity index (χ3n) is 2.33. The third kappa shape index (κ3) is 2.44. The Hall–Kier alpha value is -1.66. The van der Waals surface area contributed by atoms with E-state index in [1.54, 1.807) is 18.6 Å². The summed E-state index contributed by atoms with van der Waals surface area (Å²) in [6.07, 6.45) is 3.03. The Morgan fingerprint density at radius 3 is 2.89 bits per heavy atom. The number of rotatable bonds is 3. The number of carbonyl (C=O) groups excluding carboxylic acids is 1. The Kier molecular flexibility index (Phi) is 3.78. The highest BCUT2D eigenvalue weighted by atomic mass is 35.5. The van der Waals surface area contributed by atoms with Crippen molar-refractivity contribution < 1.29 is 9.53 Å². The number of nitrogens with one attached hydrogen (secondary N) is 1. The maximum absolute atomic E-state index is 12.2. The number of anilines is 1. The predicted octanol–water partition coefficient (Wildman–Crippen LogP) is 2.76. The molecule has 2 rings (SSSR count). The van der Waals surface area contributed by atoms with E-state index in [0.717, 1.165) is 0 Å². The first kappa shape index (κ1) is 12.8. The predicted molar refractivity (Wildman–Crippen MR) is 70.6 cm³/mol. The molecule has 0 unspecified atom stereocenters. The van der Waals surface area contributed by atoms with Crippen molar-refractivity contribution in [3.05, 3.63) is 34.1 Å². The van der Waals surface area contributed by atoms with Crippen LogP contribution in [0.1, 0.15) is 15.9 Å². The van der Waals surface area contributed by atoms with E-state index in [-0.39, 0.29) is 11.8 Å². The first-order chi connectivity index (χ1) is 8.63. The molecular weight excluding hydrogens is 274 g/mol. The van der Waals surface area contributed by atoms with E-state index in [0.29, 0.717) is 21.2 Å². The van der Waals surface area contributed by atoms with Gasteiger partial charge in [0.15, 0.2) is 0 Å². The number of thiazole rings is 1. The lowest BCUT2D eigenvalue weighted by atomic mass is 10.1. The molecule has 0 aliphatic rings. The zero-order chi connectivity index (χ0) is 13.1. The molecule has 94 valence electrons. The number of carbonyl (C=O) groups is 1. The molecule has 0 saturated carbocycles. The molecule has 5 nitrogen and oxygen atoms in total. The molecule has 0 fully saturated rings. The fourth-order valence-corrected chi connectivity index (χ4v) is 2.08. The van der Waals surface area contributed by atoms with Gasteiger partial charge in [-0.2, -0.15) is 0 Å². The lowest BCUT2D eigenvalue weighted by Gasteiger charge is -2.10. The van der Waals surface area contributed by atoms with Crippen molar-refractivity contribution >= 4 is 33.8 Å². The highest BCUT2D eigenvalue weighted by molar-refractivity contribution is 7.14. The summed E-state index contributed by atoms with van der Waals surface area (Å²) in [5, 5.41) is 3.80.